The maximum absolute atomic E-state index is 12.6. The van der Waals surface area contributed by atoms with E-state index in [1.165, 1.54) is 18.2 Å². The summed E-state index contributed by atoms with van der Waals surface area (Å²) in [6.45, 7) is 19.5. The molecule has 522 valence electrons. The Morgan fingerprint density at radius 3 is 1.14 bits per heavy atom. The van der Waals surface area contributed by atoms with Gasteiger partial charge in [0.15, 0.2) is 0 Å². The lowest BCUT2D eigenvalue weighted by Gasteiger charge is -2.17. The van der Waals surface area contributed by atoms with Crippen LogP contribution in [0, 0.1) is 13.8 Å². The predicted octanol–water partition coefficient (Wildman–Crippen LogP) is 9.08. The van der Waals surface area contributed by atoms with Crippen molar-refractivity contribution in [3.8, 4) is 33.8 Å². The molecule has 7 aromatic heterocycles. The van der Waals surface area contributed by atoms with Gasteiger partial charge in [-0.05, 0) is 116 Å². The molecule has 3 aliphatic heterocycles. The van der Waals surface area contributed by atoms with Crippen LogP contribution in [-0.2, 0) is 14.4 Å². The summed E-state index contributed by atoms with van der Waals surface area (Å²) in [5, 5.41) is 8.78. The van der Waals surface area contributed by atoms with Gasteiger partial charge in [-0.15, -0.1) is 0 Å². The van der Waals surface area contributed by atoms with Crippen LogP contribution in [-0.4, -0.2) is 158 Å². The third-order valence-electron chi connectivity index (χ3n) is 17.8. The smallest absolute Gasteiger partial charge is 0.274 e. The molecule has 0 atom stereocenters. The van der Waals surface area contributed by atoms with Gasteiger partial charge in [-0.2, -0.15) is 0 Å². The van der Waals surface area contributed by atoms with Crippen LogP contribution in [0.1, 0.15) is 42.3 Å². The number of carbonyl (C=O) groups excluding carboxylic acids is 6. The van der Waals surface area contributed by atoms with E-state index in [-0.39, 0.29) is 35.4 Å². The lowest BCUT2D eigenvalue weighted by Crippen LogP contribution is -2.30. The second-order valence-corrected chi connectivity index (χ2v) is 24.5. The van der Waals surface area contributed by atoms with Crippen molar-refractivity contribution < 1.29 is 28.8 Å². The maximum atomic E-state index is 12.6. The summed E-state index contributed by atoms with van der Waals surface area (Å²) in [5.74, 6) is 2.14. The second-order valence-electron chi connectivity index (χ2n) is 24.5. The minimum atomic E-state index is -0.280. The van der Waals surface area contributed by atoms with E-state index in [9.17, 15) is 28.8 Å². The maximum Gasteiger partial charge on any atom is 0.274 e. The minimum Gasteiger partial charge on any atom is -0.382 e. The van der Waals surface area contributed by atoms with Crippen molar-refractivity contribution >= 4 is 104 Å². The van der Waals surface area contributed by atoms with E-state index in [1.54, 1.807) is 82.0 Å². The van der Waals surface area contributed by atoms with Crippen LogP contribution in [0.3, 0.4) is 0 Å². The molecule has 0 aliphatic carbocycles. The molecule has 3 aliphatic rings. The number of nitrogens with one attached hydrogen (secondary N) is 3. The van der Waals surface area contributed by atoms with Gasteiger partial charge in [0.25, 0.3) is 17.7 Å². The quantitative estimate of drug-likeness (QED) is 0.0521. The first-order valence-corrected chi connectivity index (χ1v) is 33.1. The Bertz CT molecular complexity index is 5090. The number of amides is 6. The molecule has 0 saturated carbocycles. The van der Waals surface area contributed by atoms with Crippen LogP contribution in [0.5, 0.6) is 0 Å². The Labute approximate surface area is 596 Å². The summed E-state index contributed by atoms with van der Waals surface area (Å²) in [6.07, 6.45) is 15.9. The highest BCUT2D eigenvalue weighted by Crippen LogP contribution is 2.37. The monoisotopic (exact) mass is 1390 g/mol. The SMILES string of the molecule is C=CC(=O)N1CCN(c2nc(-c3ccc(NC(=O)c4ccccc4)c(C)c3)c3c(N)nccn23)C1.C=CC(=O)N1CCN(c2nc(-c3ccc(NC(=O)c4ccccc4)cc3)c3c(N)nccn23)C1.C=CC(=O)N1CCN(c2nc(-c3ccc(NC(=O)c4ccccn4)c(C)c3)c3c(N)nccn23)C1. The Morgan fingerprint density at radius 1 is 0.404 bits per heavy atom. The number of fused-ring (bicyclic) bond motifs is 3. The molecule has 0 radical (unpaired) electrons. The van der Waals surface area contributed by atoms with Crippen LogP contribution in [0.2, 0.25) is 0 Å². The van der Waals surface area contributed by atoms with Gasteiger partial charge in [-0.3, -0.25) is 47.0 Å². The number of imidazole rings is 3. The van der Waals surface area contributed by atoms with Crippen LogP contribution in [0.25, 0.3) is 50.3 Å². The largest absolute Gasteiger partial charge is 0.382 e. The molecular formula is C76H72N22O6. The Kier molecular flexibility index (Phi) is 19.6. The van der Waals surface area contributed by atoms with Crippen molar-refractivity contribution in [2.45, 2.75) is 13.8 Å². The molecule has 28 nitrogen and oxygen atoms in total. The zero-order valence-corrected chi connectivity index (χ0v) is 56.9. The predicted molar refractivity (Wildman–Crippen MR) is 401 cm³/mol. The number of hydrogen-bond donors (Lipinski definition) is 6. The zero-order chi connectivity index (χ0) is 72.7. The molecule has 3 saturated heterocycles. The number of aryl methyl sites for hydroxylation is 2. The van der Waals surface area contributed by atoms with Gasteiger partial charge >= 0.3 is 0 Å². The van der Waals surface area contributed by atoms with Crippen LogP contribution in [0.4, 0.5) is 52.4 Å². The lowest BCUT2D eigenvalue weighted by atomic mass is 10.1. The number of rotatable bonds is 15. The normalized spacial score (nSPS) is 13.3. The zero-order valence-electron chi connectivity index (χ0n) is 56.9. The highest BCUT2D eigenvalue weighted by molar-refractivity contribution is 6.06. The number of benzene rings is 5. The molecule has 28 heteroatoms. The topological polar surface area (TPSA) is 339 Å². The minimum absolute atomic E-state index is 0.112. The highest BCUT2D eigenvalue weighted by Gasteiger charge is 2.32. The fraction of sp³-hybridized carbons (Fsp3) is 0.145. The summed E-state index contributed by atoms with van der Waals surface area (Å²) in [5.41, 5.74) is 30.7. The van der Waals surface area contributed by atoms with Crippen LogP contribution >= 0.6 is 0 Å². The third kappa shape index (κ3) is 14.1. The van der Waals surface area contributed by atoms with E-state index >= 15 is 0 Å². The van der Waals surface area contributed by atoms with Crippen molar-refractivity contribution in [3.63, 3.8) is 0 Å². The lowest BCUT2D eigenvalue weighted by molar-refractivity contribution is -0.125. The number of nitrogens with zero attached hydrogens (tertiary/aromatic N) is 16. The van der Waals surface area contributed by atoms with Crippen molar-refractivity contribution in [3.05, 3.63) is 249 Å². The number of anilines is 9. The standard InChI is InChI=1S/C26H25N7O2.C25H24N8O2.C25H23N7O2/c1-3-21(34)31-13-14-32(16-31)26-30-22(23-24(27)28-11-12-33(23)26)19-9-10-20(17(2)15-19)29-25(35)18-7-5-4-6-8-18;1-3-20(34)31-12-13-32(15-31)25-30-21(22-23(26)28-10-11-33(22)25)17-7-8-18(16(2)14-17)29-24(35)19-6-4-5-9-27-19;1-2-20(33)30-14-15-31(16-30)25-29-21(22-23(26)27-12-13-32(22)25)17-8-10-19(11-9-17)28-24(34)18-6-4-3-5-7-18/h3-12,15H,1,13-14,16H2,2H3,(H2,27,28)(H,29,35);3-11,14H,1,12-13,15H2,2H3,(H2,26,28)(H,29,35);2-13H,1,14-16H2,(H2,26,27)(H,28,34). The molecule has 12 aromatic rings. The first kappa shape index (κ1) is 68.5. The van der Waals surface area contributed by atoms with Crippen LogP contribution in [0.15, 0.2) is 221 Å². The van der Waals surface area contributed by atoms with Crippen molar-refractivity contribution in [1.82, 2.24) is 62.8 Å². The van der Waals surface area contributed by atoms with Crippen LogP contribution < -0.4 is 47.9 Å². The molecule has 5 aromatic carbocycles. The molecule has 6 amide bonds. The van der Waals surface area contributed by atoms with Crippen molar-refractivity contribution in [2.75, 3.05) is 107 Å². The van der Waals surface area contributed by atoms with Gasteiger partial charge in [-0.1, -0.05) is 86.5 Å². The van der Waals surface area contributed by atoms with E-state index in [0.29, 0.717) is 156 Å². The van der Waals surface area contributed by atoms with Gasteiger partial charge in [0.1, 0.15) is 56.8 Å². The Hall–Kier alpha value is -14.1. The van der Waals surface area contributed by atoms with Crippen molar-refractivity contribution in [2.24, 2.45) is 0 Å². The summed E-state index contributed by atoms with van der Waals surface area (Å²) < 4.78 is 5.69. The van der Waals surface area contributed by atoms with E-state index in [2.05, 4.69) is 55.6 Å². The Morgan fingerprint density at radius 2 is 0.769 bits per heavy atom. The number of nitrogens with two attached hydrogens (primary N) is 3. The van der Waals surface area contributed by atoms with E-state index in [0.717, 1.165) is 33.5 Å². The summed E-state index contributed by atoms with van der Waals surface area (Å²) in [6, 6.07) is 42.2. The number of pyridine rings is 1. The van der Waals surface area contributed by atoms with E-state index < -0.39 is 0 Å². The van der Waals surface area contributed by atoms with Gasteiger partial charge in [0.05, 0.1) is 20.0 Å². The highest BCUT2D eigenvalue weighted by atomic mass is 16.2. The first-order valence-electron chi connectivity index (χ1n) is 33.1. The number of aromatic nitrogens is 10. The molecule has 9 N–H and O–H groups in total. The number of nitrogen functional groups attached to an aromatic ring is 3. The van der Waals surface area contributed by atoms with Gasteiger partial charge in [0, 0.05) is 128 Å². The average molecular weight is 1390 g/mol. The fourth-order valence-electron chi connectivity index (χ4n) is 12.5. The Balaban J connectivity index is 0.000000139. The number of carbonyl (C=O) groups is 6. The third-order valence-corrected chi connectivity index (χ3v) is 17.8. The summed E-state index contributed by atoms with van der Waals surface area (Å²) in [7, 11) is 0. The molecular weight excluding hydrogens is 1320 g/mol. The van der Waals surface area contributed by atoms with Gasteiger partial charge in [-0.25, -0.2) is 29.9 Å². The second kappa shape index (κ2) is 29.8. The summed E-state index contributed by atoms with van der Waals surface area (Å²) in [4.78, 5) is 117. The fourth-order valence-corrected chi connectivity index (χ4v) is 12.5. The number of hydrogen-bond acceptors (Lipinski definition) is 19. The van der Waals surface area contributed by atoms with E-state index in [1.807, 2.05) is 157 Å². The molecule has 3 fully saturated rings. The van der Waals surface area contributed by atoms with Crippen molar-refractivity contribution in [1.29, 1.82) is 0 Å². The molecule has 0 bridgehead atoms. The molecule has 0 spiro atoms. The molecule has 10 heterocycles. The molecule has 104 heavy (non-hydrogen) atoms. The van der Waals surface area contributed by atoms with Gasteiger partial charge in [0.2, 0.25) is 35.6 Å². The molecule has 15 rings (SSSR count). The van der Waals surface area contributed by atoms with Gasteiger partial charge < -0.3 is 62.6 Å². The van der Waals surface area contributed by atoms with E-state index in [4.69, 9.17) is 32.2 Å². The average Bonchev–Trinajstić information content (AvgIpc) is 1.62. The molecule has 0 unspecified atom stereocenters. The summed E-state index contributed by atoms with van der Waals surface area (Å²) >= 11 is 0. The first-order chi connectivity index (χ1) is 50.5.